The zero-order chi connectivity index (χ0) is 12.6. The maximum atomic E-state index is 6.00. The standard InChI is InChI=1S/C15H21NOS/c1-11(16)8-15(9-17-10-15)13-4-5-14-12(7-13)3-2-6-18-14/h4-5,7,11H,2-3,6,8-10,16H2,1H3. The summed E-state index contributed by atoms with van der Waals surface area (Å²) in [5, 5.41) is 0. The van der Waals surface area contributed by atoms with Gasteiger partial charge in [0, 0.05) is 16.4 Å². The molecule has 0 spiro atoms. The molecule has 0 aromatic heterocycles. The van der Waals surface area contributed by atoms with Gasteiger partial charge in [0.1, 0.15) is 0 Å². The van der Waals surface area contributed by atoms with Crippen LogP contribution < -0.4 is 5.73 Å². The van der Waals surface area contributed by atoms with Crippen molar-refractivity contribution in [3.8, 4) is 0 Å². The van der Waals surface area contributed by atoms with Crippen LogP contribution in [0.25, 0.3) is 0 Å². The highest BCUT2D eigenvalue weighted by molar-refractivity contribution is 7.99. The molecule has 98 valence electrons. The van der Waals surface area contributed by atoms with E-state index in [1.165, 1.54) is 34.6 Å². The molecule has 1 aromatic carbocycles. The largest absolute Gasteiger partial charge is 0.379 e. The smallest absolute Gasteiger partial charge is 0.0586 e. The predicted octanol–water partition coefficient (Wildman–Crippen LogP) is 2.73. The van der Waals surface area contributed by atoms with E-state index in [0.29, 0.717) is 0 Å². The average molecular weight is 263 g/mol. The summed E-state index contributed by atoms with van der Waals surface area (Å²) in [5.74, 6) is 1.26. The third kappa shape index (κ3) is 2.20. The molecular weight excluding hydrogens is 242 g/mol. The lowest BCUT2D eigenvalue weighted by molar-refractivity contribution is -0.0665. The molecule has 2 heterocycles. The van der Waals surface area contributed by atoms with Crippen LogP contribution in [0.1, 0.15) is 30.9 Å². The van der Waals surface area contributed by atoms with E-state index in [0.717, 1.165) is 19.6 Å². The molecule has 1 aromatic rings. The first-order chi connectivity index (χ1) is 8.70. The van der Waals surface area contributed by atoms with Crippen LogP contribution in [-0.4, -0.2) is 25.0 Å². The molecule has 1 fully saturated rings. The van der Waals surface area contributed by atoms with Crippen molar-refractivity contribution < 1.29 is 4.74 Å². The topological polar surface area (TPSA) is 35.2 Å². The Balaban J connectivity index is 1.91. The second-order valence-electron chi connectivity index (χ2n) is 5.73. The maximum Gasteiger partial charge on any atom is 0.0586 e. The molecule has 3 rings (SSSR count). The highest BCUT2D eigenvalue weighted by Crippen LogP contribution is 2.39. The van der Waals surface area contributed by atoms with E-state index in [9.17, 15) is 0 Å². The average Bonchev–Trinajstić information content (AvgIpc) is 2.33. The Morgan fingerprint density at radius 3 is 2.94 bits per heavy atom. The van der Waals surface area contributed by atoms with E-state index in [2.05, 4.69) is 25.1 Å². The molecule has 0 amide bonds. The molecule has 1 saturated heterocycles. The van der Waals surface area contributed by atoms with Gasteiger partial charge in [-0.2, -0.15) is 0 Å². The fourth-order valence-electron chi connectivity index (χ4n) is 3.06. The Labute approximate surface area is 113 Å². The van der Waals surface area contributed by atoms with Crippen molar-refractivity contribution in [3.63, 3.8) is 0 Å². The Bertz CT molecular complexity index is 440. The molecular formula is C15H21NOS. The zero-order valence-corrected chi connectivity index (χ0v) is 11.8. The first-order valence-electron chi connectivity index (χ1n) is 6.79. The third-order valence-corrected chi connectivity index (χ3v) is 5.19. The van der Waals surface area contributed by atoms with E-state index in [1.54, 1.807) is 0 Å². The fraction of sp³-hybridized carbons (Fsp3) is 0.600. The summed E-state index contributed by atoms with van der Waals surface area (Å²) in [5.41, 5.74) is 9.15. The lowest BCUT2D eigenvalue weighted by Crippen LogP contribution is -2.49. The van der Waals surface area contributed by atoms with Crippen molar-refractivity contribution in [3.05, 3.63) is 29.3 Å². The molecule has 1 atom stereocenters. The van der Waals surface area contributed by atoms with Crippen LogP contribution in [0.4, 0.5) is 0 Å². The highest BCUT2D eigenvalue weighted by atomic mass is 32.2. The summed E-state index contributed by atoms with van der Waals surface area (Å²) >= 11 is 1.99. The van der Waals surface area contributed by atoms with Crippen LogP contribution in [0.2, 0.25) is 0 Å². The zero-order valence-electron chi connectivity index (χ0n) is 10.9. The van der Waals surface area contributed by atoms with Crippen LogP contribution >= 0.6 is 11.8 Å². The van der Waals surface area contributed by atoms with Crippen LogP contribution in [0.3, 0.4) is 0 Å². The van der Waals surface area contributed by atoms with Gasteiger partial charge in [-0.1, -0.05) is 12.1 Å². The molecule has 2 aliphatic heterocycles. The number of hydrogen-bond donors (Lipinski definition) is 1. The summed E-state index contributed by atoms with van der Waals surface area (Å²) in [6.45, 7) is 3.76. The Kier molecular flexibility index (Phi) is 3.39. The van der Waals surface area contributed by atoms with Gasteiger partial charge in [0.15, 0.2) is 0 Å². The van der Waals surface area contributed by atoms with Crippen LogP contribution in [0.15, 0.2) is 23.1 Å². The van der Waals surface area contributed by atoms with Gasteiger partial charge in [-0.05, 0) is 49.1 Å². The number of rotatable bonds is 3. The lowest BCUT2D eigenvalue weighted by atomic mass is 9.73. The van der Waals surface area contributed by atoms with Gasteiger partial charge in [0.25, 0.3) is 0 Å². The molecule has 3 heteroatoms. The Morgan fingerprint density at radius 1 is 1.44 bits per heavy atom. The summed E-state index contributed by atoms with van der Waals surface area (Å²) in [6, 6.07) is 7.24. The summed E-state index contributed by atoms with van der Waals surface area (Å²) in [7, 11) is 0. The fourth-order valence-corrected chi connectivity index (χ4v) is 4.08. The second-order valence-corrected chi connectivity index (χ2v) is 6.87. The minimum absolute atomic E-state index is 0.186. The van der Waals surface area contributed by atoms with Gasteiger partial charge in [0.2, 0.25) is 0 Å². The minimum atomic E-state index is 0.186. The highest BCUT2D eigenvalue weighted by Gasteiger charge is 2.41. The van der Waals surface area contributed by atoms with Crippen molar-refractivity contribution in [2.24, 2.45) is 5.73 Å². The van der Waals surface area contributed by atoms with Gasteiger partial charge in [-0.25, -0.2) is 0 Å². The molecule has 1 unspecified atom stereocenters. The SMILES string of the molecule is CC(N)CC1(c2ccc3c(c2)CCCS3)COC1. The van der Waals surface area contributed by atoms with Crippen molar-refractivity contribution in [2.45, 2.75) is 42.5 Å². The second kappa shape index (κ2) is 4.87. The number of thioether (sulfide) groups is 1. The predicted molar refractivity (Wildman–Crippen MR) is 76.3 cm³/mol. The Morgan fingerprint density at radius 2 is 2.28 bits per heavy atom. The molecule has 0 saturated carbocycles. The lowest BCUT2D eigenvalue weighted by Gasteiger charge is -2.43. The molecule has 2 nitrogen and oxygen atoms in total. The van der Waals surface area contributed by atoms with Gasteiger partial charge < -0.3 is 10.5 Å². The van der Waals surface area contributed by atoms with Crippen molar-refractivity contribution >= 4 is 11.8 Å². The first kappa shape index (κ1) is 12.5. The number of aryl methyl sites for hydroxylation is 1. The number of fused-ring (bicyclic) bond motifs is 1. The van der Waals surface area contributed by atoms with Gasteiger partial charge in [0.05, 0.1) is 13.2 Å². The van der Waals surface area contributed by atoms with Crippen LogP contribution in [0.5, 0.6) is 0 Å². The van der Waals surface area contributed by atoms with E-state index >= 15 is 0 Å². The molecule has 0 bridgehead atoms. The van der Waals surface area contributed by atoms with Gasteiger partial charge in [-0.15, -0.1) is 11.8 Å². The van der Waals surface area contributed by atoms with E-state index in [4.69, 9.17) is 10.5 Å². The normalized spacial score (nSPS) is 23.0. The monoisotopic (exact) mass is 263 g/mol. The summed E-state index contributed by atoms with van der Waals surface area (Å²) in [4.78, 5) is 1.47. The molecule has 2 aliphatic rings. The molecule has 0 radical (unpaired) electrons. The van der Waals surface area contributed by atoms with Gasteiger partial charge >= 0.3 is 0 Å². The van der Waals surface area contributed by atoms with E-state index in [-0.39, 0.29) is 11.5 Å². The molecule has 0 aliphatic carbocycles. The minimum Gasteiger partial charge on any atom is -0.379 e. The molecule has 2 N–H and O–H groups in total. The maximum absolute atomic E-state index is 6.00. The quantitative estimate of drug-likeness (QED) is 0.910. The van der Waals surface area contributed by atoms with E-state index in [1.807, 2.05) is 11.8 Å². The molecule has 18 heavy (non-hydrogen) atoms. The van der Waals surface area contributed by atoms with Gasteiger partial charge in [-0.3, -0.25) is 0 Å². The number of hydrogen-bond acceptors (Lipinski definition) is 3. The third-order valence-electron chi connectivity index (χ3n) is 3.99. The summed E-state index contributed by atoms with van der Waals surface area (Å²) < 4.78 is 5.48. The van der Waals surface area contributed by atoms with Crippen molar-refractivity contribution in [1.29, 1.82) is 0 Å². The van der Waals surface area contributed by atoms with Crippen LogP contribution in [0, 0.1) is 0 Å². The summed E-state index contributed by atoms with van der Waals surface area (Å²) in [6.07, 6.45) is 3.56. The van der Waals surface area contributed by atoms with Crippen molar-refractivity contribution in [1.82, 2.24) is 0 Å². The Hall–Kier alpha value is -0.510. The number of benzene rings is 1. The van der Waals surface area contributed by atoms with Crippen molar-refractivity contribution in [2.75, 3.05) is 19.0 Å². The van der Waals surface area contributed by atoms with E-state index < -0.39 is 0 Å². The van der Waals surface area contributed by atoms with Crippen LogP contribution in [-0.2, 0) is 16.6 Å². The first-order valence-corrected chi connectivity index (χ1v) is 7.78. The number of ether oxygens (including phenoxy) is 1. The number of nitrogens with two attached hydrogens (primary N) is 1.